The van der Waals surface area contributed by atoms with E-state index in [2.05, 4.69) is 29.5 Å². The molecule has 0 spiro atoms. The third kappa shape index (κ3) is 5.54. The Morgan fingerprint density at radius 2 is 2.08 bits per heavy atom. The van der Waals surface area contributed by atoms with Crippen LogP contribution < -0.4 is 19.3 Å². The lowest BCUT2D eigenvalue weighted by Gasteiger charge is -2.42. The van der Waals surface area contributed by atoms with Gasteiger partial charge in [-0.15, -0.1) is 0 Å². The molecule has 40 heavy (non-hydrogen) atoms. The number of hydrogen-bond donors (Lipinski definition) is 0. The summed E-state index contributed by atoms with van der Waals surface area (Å²) in [6.45, 7) is 7.61. The molecule has 2 atom stereocenters. The number of aromatic nitrogens is 2. The monoisotopic (exact) mass is 549 g/mol. The van der Waals surface area contributed by atoms with E-state index in [1.165, 1.54) is 13.2 Å². The number of nitrogens with zero attached hydrogens (tertiary/aromatic N) is 7. The first-order valence-electron chi connectivity index (χ1n) is 13.8. The van der Waals surface area contributed by atoms with Crippen molar-refractivity contribution in [2.75, 3.05) is 63.3 Å². The van der Waals surface area contributed by atoms with Crippen LogP contribution in [0.4, 0.5) is 15.9 Å². The number of carbonyl (C=O) groups excluding carboxylic acids is 1. The molecule has 2 saturated heterocycles. The zero-order chi connectivity index (χ0) is 28.2. The van der Waals surface area contributed by atoms with E-state index in [9.17, 15) is 10.1 Å². The number of amides is 1. The summed E-state index contributed by atoms with van der Waals surface area (Å²) in [5.41, 5.74) is 2.24. The summed E-state index contributed by atoms with van der Waals surface area (Å²) in [6, 6.07) is 7.68. The number of benzene rings is 1. The second-order valence-electron chi connectivity index (χ2n) is 10.5. The van der Waals surface area contributed by atoms with Crippen LogP contribution in [0.5, 0.6) is 11.8 Å². The molecule has 1 unspecified atom stereocenters. The molecule has 2 fully saturated rings. The average molecular weight is 550 g/mol. The quantitative estimate of drug-likeness (QED) is 0.461. The maximum atomic E-state index is 15.2. The van der Waals surface area contributed by atoms with E-state index in [1.54, 1.807) is 23.1 Å². The van der Waals surface area contributed by atoms with E-state index < -0.39 is 5.82 Å². The van der Waals surface area contributed by atoms with Gasteiger partial charge in [0.05, 0.1) is 43.6 Å². The van der Waals surface area contributed by atoms with Gasteiger partial charge in [-0.2, -0.15) is 15.2 Å². The van der Waals surface area contributed by atoms with E-state index in [1.807, 2.05) is 4.90 Å². The molecule has 0 saturated carbocycles. The van der Waals surface area contributed by atoms with Crippen molar-refractivity contribution >= 4 is 17.4 Å². The number of fused-ring (bicyclic) bond motifs is 1. The molecule has 1 aromatic heterocycles. The molecule has 1 aromatic carbocycles. The Kier molecular flexibility index (Phi) is 8.35. The number of halogens is 1. The van der Waals surface area contributed by atoms with Gasteiger partial charge in [0.15, 0.2) is 11.6 Å². The van der Waals surface area contributed by atoms with E-state index in [4.69, 9.17) is 19.4 Å². The van der Waals surface area contributed by atoms with Gasteiger partial charge in [0, 0.05) is 37.8 Å². The van der Waals surface area contributed by atoms with Gasteiger partial charge in [-0.25, -0.2) is 4.39 Å². The number of anilines is 2. The summed E-state index contributed by atoms with van der Waals surface area (Å²) in [6.07, 6.45) is 4.32. The minimum Gasteiger partial charge on any atom is -0.494 e. The predicted molar refractivity (Wildman–Crippen MR) is 149 cm³/mol. The number of ether oxygens (including phenoxy) is 2. The maximum absolute atomic E-state index is 15.2. The molecule has 11 heteroatoms. The fraction of sp³-hybridized carbons (Fsp3) is 0.517. The van der Waals surface area contributed by atoms with Crippen LogP contribution in [0.1, 0.15) is 30.5 Å². The highest BCUT2D eigenvalue weighted by molar-refractivity contribution is 5.87. The smallest absolute Gasteiger partial charge is 0.318 e. The van der Waals surface area contributed by atoms with Crippen LogP contribution in [-0.2, 0) is 17.8 Å². The van der Waals surface area contributed by atoms with Gasteiger partial charge in [0.1, 0.15) is 12.4 Å². The summed E-state index contributed by atoms with van der Waals surface area (Å²) in [4.78, 5) is 30.2. The summed E-state index contributed by atoms with van der Waals surface area (Å²) >= 11 is 0. The van der Waals surface area contributed by atoms with Gasteiger partial charge in [-0.05, 0) is 51.1 Å². The molecule has 5 rings (SSSR count). The highest BCUT2D eigenvalue weighted by Crippen LogP contribution is 2.35. The van der Waals surface area contributed by atoms with Gasteiger partial charge < -0.3 is 29.1 Å². The van der Waals surface area contributed by atoms with Crippen molar-refractivity contribution in [1.82, 2.24) is 19.8 Å². The summed E-state index contributed by atoms with van der Waals surface area (Å²) in [7, 11) is 3.56. The molecule has 4 heterocycles. The molecule has 0 bridgehead atoms. The number of likely N-dealkylation sites (N-methyl/N-ethyl adjacent to an activating group) is 1. The lowest BCUT2D eigenvalue weighted by molar-refractivity contribution is -0.128. The van der Waals surface area contributed by atoms with Crippen molar-refractivity contribution in [3.05, 3.63) is 47.9 Å². The standard InChI is InChI=1S/C29H36FN7O3/c1-4-26(38)37-16-15-36(17-20(37)10-12-31)28-22-11-14-35(24-8-5-9-25(39-3)27(24)30)18-23(22)32-29(33-28)40-19-21-7-6-13-34(21)2/h4-5,8-9,20-21H,1,6-7,10-11,13-19H2,2-3H3/t20?,21-/m0/s1. The Morgan fingerprint density at radius 1 is 1.23 bits per heavy atom. The summed E-state index contributed by atoms with van der Waals surface area (Å²) in [5, 5.41) is 9.45. The van der Waals surface area contributed by atoms with Crippen molar-refractivity contribution in [1.29, 1.82) is 5.26 Å². The highest BCUT2D eigenvalue weighted by Gasteiger charge is 2.34. The molecule has 3 aliphatic rings. The third-order valence-corrected chi connectivity index (χ3v) is 8.17. The first kappa shape index (κ1) is 27.6. The van der Waals surface area contributed by atoms with E-state index in [-0.39, 0.29) is 24.1 Å². The second-order valence-corrected chi connectivity index (χ2v) is 10.5. The predicted octanol–water partition coefficient (Wildman–Crippen LogP) is 2.78. The van der Waals surface area contributed by atoms with Crippen molar-refractivity contribution in [3.63, 3.8) is 0 Å². The number of carbonyl (C=O) groups is 1. The molecular formula is C29H36FN7O3. The number of piperazine rings is 1. The number of methoxy groups -OCH3 is 1. The third-order valence-electron chi connectivity index (χ3n) is 8.17. The van der Waals surface area contributed by atoms with Gasteiger partial charge in [-0.1, -0.05) is 12.6 Å². The Bertz CT molecular complexity index is 1300. The van der Waals surface area contributed by atoms with Crippen LogP contribution >= 0.6 is 0 Å². The molecular weight excluding hydrogens is 513 g/mol. The Labute approximate surface area is 234 Å². The molecule has 1 amide bonds. The van der Waals surface area contributed by atoms with Gasteiger partial charge in [0.25, 0.3) is 0 Å². The van der Waals surface area contributed by atoms with Crippen molar-refractivity contribution < 1.29 is 18.7 Å². The lowest BCUT2D eigenvalue weighted by Crippen LogP contribution is -2.55. The largest absolute Gasteiger partial charge is 0.494 e. The molecule has 3 aliphatic heterocycles. The van der Waals surface area contributed by atoms with Crippen LogP contribution in [0.2, 0.25) is 0 Å². The fourth-order valence-electron chi connectivity index (χ4n) is 5.92. The second kappa shape index (κ2) is 12.1. The van der Waals surface area contributed by atoms with Crippen LogP contribution in [0.3, 0.4) is 0 Å². The Hall–Kier alpha value is -3.91. The van der Waals surface area contributed by atoms with Crippen LogP contribution in [0.15, 0.2) is 30.9 Å². The Morgan fingerprint density at radius 3 is 2.80 bits per heavy atom. The number of hydrogen-bond acceptors (Lipinski definition) is 9. The van der Waals surface area contributed by atoms with Crippen LogP contribution in [-0.4, -0.2) is 91.2 Å². The van der Waals surface area contributed by atoms with Gasteiger partial charge in [0.2, 0.25) is 5.91 Å². The molecule has 0 radical (unpaired) electrons. The van der Waals surface area contributed by atoms with E-state index >= 15 is 4.39 Å². The Balaban J connectivity index is 1.46. The molecule has 2 aromatic rings. The highest BCUT2D eigenvalue weighted by atomic mass is 19.1. The van der Waals surface area contributed by atoms with Crippen molar-refractivity contribution in [3.8, 4) is 17.8 Å². The normalized spacial score (nSPS) is 21.1. The molecule has 212 valence electrons. The lowest BCUT2D eigenvalue weighted by atomic mass is 10.0. The van der Waals surface area contributed by atoms with Crippen LogP contribution in [0, 0.1) is 17.1 Å². The number of nitriles is 1. The number of rotatable bonds is 8. The molecule has 0 N–H and O–H groups in total. The fourth-order valence-corrected chi connectivity index (χ4v) is 5.92. The molecule has 0 aliphatic carbocycles. The maximum Gasteiger partial charge on any atom is 0.318 e. The van der Waals surface area contributed by atoms with Crippen LogP contribution in [0.25, 0.3) is 0 Å². The summed E-state index contributed by atoms with van der Waals surface area (Å²) < 4.78 is 26.5. The average Bonchev–Trinajstić information content (AvgIpc) is 3.39. The molecule has 10 nitrogen and oxygen atoms in total. The van der Waals surface area contributed by atoms with Gasteiger partial charge in [-0.3, -0.25) is 4.79 Å². The van der Waals surface area contributed by atoms with Gasteiger partial charge >= 0.3 is 6.01 Å². The first-order chi connectivity index (χ1) is 19.4. The zero-order valence-corrected chi connectivity index (χ0v) is 23.2. The number of likely N-dealkylation sites (tertiary alicyclic amines) is 1. The van der Waals surface area contributed by atoms with Crippen molar-refractivity contribution in [2.45, 2.75) is 44.3 Å². The topological polar surface area (TPSA) is 98.1 Å². The first-order valence-corrected chi connectivity index (χ1v) is 13.8. The van der Waals surface area contributed by atoms with E-state index in [0.717, 1.165) is 36.5 Å². The minimum atomic E-state index is -0.397. The summed E-state index contributed by atoms with van der Waals surface area (Å²) in [5.74, 6) is 0.391. The SMILES string of the molecule is C=CC(=O)N1CCN(c2nc(OC[C@@H]3CCCN3C)nc3c2CCN(c2cccc(OC)c2F)C3)CC1CC#N. The van der Waals surface area contributed by atoms with E-state index in [0.29, 0.717) is 63.5 Å². The zero-order valence-electron chi connectivity index (χ0n) is 23.2. The van der Waals surface area contributed by atoms with Crippen molar-refractivity contribution in [2.24, 2.45) is 0 Å². The minimum absolute atomic E-state index is 0.176.